The second-order valence-electron chi connectivity index (χ2n) is 35.5. The molecule has 25 aliphatic carbocycles. The van der Waals surface area contributed by atoms with Crippen LogP contribution in [0.2, 0.25) is 0 Å². The van der Waals surface area contributed by atoms with E-state index in [4.69, 9.17) is 0 Å². The number of rotatable bonds is 0. The number of hydrogen-bond donors (Lipinski definition) is 0. The Labute approximate surface area is 490 Å². The summed E-state index contributed by atoms with van der Waals surface area (Å²) in [6, 6.07) is 0. The predicted octanol–water partition coefficient (Wildman–Crippen LogP) is 23.3. The van der Waals surface area contributed by atoms with Crippen LogP contribution in [0.5, 0.6) is 0 Å². The zero-order chi connectivity index (χ0) is 52.2. The van der Waals surface area contributed by atoms with Gasteiger partial charge in [0.2, 0.25) is 0 Å². The topological polar surface area (TPSA) is 0 Å². The first-order valence-corrected chi connectivity index (χ1v) is 39.1. The predicted molar refractivity (Wildman–Crippen MR) is 333 cm³/mol. The highest BCUT2D eigenvalue weighted by Gasteiger charge is 2.76. The number of hydrogen-bond acceptors (Lipinski definition) is 0. The molecule has 0 heterocycles. The fourth-order valence-electron chi connectivity index (χ4n) is 27.7. The molecule has 0 nitrogen and oxygen atoms in total. The lowest BCUT2D eigenvalue weighted by molar-refractivity contribution is 0.103. The third kappa shape index (κ3) is 12.5. The van der Waals surface area contributed by atoms with Gasteiger partial charge >= 0.3 is 0 Å². The van der Waals surface area contributed by atoms with E-state index in [1.165, 1.54) is 194 Å². The Morgan fingerprint density at radius 1 is 0.114 bits per heavy atom. The van der Waals surface area contributed by atoms with Crippen LogP contribution in [0.25, 0.3) is 0 Å². The van der Waals surface area contributed by atoms with Crippen LogP contribution in [0.1, 0.15) is 327 Å². The van der Waals surface area contributed by atoms with Gasteiger partial charge in [0.15, 0.2) is 0 Å². The molecule has 18 atom stereocenters. The Hall–Kier alpha value is 0. The van der Waals surface area contributed by atoms with Gasteiger partial charge in [-0.25, -0.2) is 0 Å². The molecular formula is C79H130. The Morgan fingerprint density at radius 2 is 0.329 bits per heavy atom. The van der Waals surface area contributed by atoms with Crippen LogP contribution in [0.4, 0.5) is 0 Å². The van der Waals surface area contributed by atoms with Gasteiger partial charge in [0.25, 0.3) is 0 Å². The van der Waals surface area contributed by atoms with Gasteiger partial charge < -0.3 is 0 Å². The molecule has 18 unspecified atom stereocenters. The molecule has 25 rings (SSSR count). The Kier molecular flexibility index (Phi) is 17.8. The van der Waals surface area contributed by atoms with Crippen molar-refractivity contribution >= 4 is 0 Å². The highest BCUT2D eigenvalue weighted by Crippen LogP contribution is 2.81. The van der Waals surface area contributed by atoms with E-state index in [0.29, 0.717) is 0 Å². The molecule has 0 heteroatoms. The molecule has 0 amide bonds. The summed E-state index contributed by atoms with van der Waals surface area (Å²) >= 11 is 0. The average molecular weight is 1080 g/mol. The molecule has 18 bridgehead atoms. The van der Waals surface area contributed by atoms with Gasteiger partial charge in [-0.3, -0.25) is 0 Å². The van der Waals surface area contributed by atoms with E-state index in [2.05, 4.69) is 0 Å². The van der Waals surface area contributed by atoms with Gasteiger partial charge in [-0.05, 0) is 307 Å². The molecule has 0 N–H and O–H groups in total. The van der Waals surface area contributed by atoms with Gasteiger partial charge in [-0.15, -0.1) is 0 Å². The molecular weight excluding hydrogens is 949 g/mol. The van der Waals surface area contributed by atoms with Crippen molar-refractivity contribution in [1.29, 1.82) is 0 Å². The van der Waals surface area contributed by atoms with Crippen LogP contribution < -0.4 is 0 Å². The second-order valence-corrected chi connectivity index (χ2v) is 35.5. The quantitative estimate of drug-likeness (QED) is 0.212. The van der Waals surface area contributed by atoms with Crippen molar-refractivity contribution in [2.45, 2.75) is 327 Å². The molecule has 446 valence electrons. The molecule has 0 aromatic rings. The van der Waals surface area contributed by atoms with E-state index in [0.717, 1.165) is 35.5 Å². The maximum atomic E-state index is 1.64. The standard InChI is InChI=1S/C12H18.C12H22.2C11H20.C10H16.C9H14.C8H12.C6H8/c1-2-8-5-7(1)11-9-3-4-10(6-9)12(8)11;1-2-6-12-9-3-7-11(5-1)8-4-10-12;1-4-10-6-2-7-11(5-1)9-3-8-10;1-2-5-11-7-3-6-10(4-1)8-9-11;1-2-9-7-4-5-8(6-7)10(9)3-1;1-2-7-5-6(1)8-3-4-9(7)8;1-2-6-3-5(1)7-4-8(6)7;1-2-4-5-3(1)6(4)5/h7-12H,1-6H2;11-12H,1-10H2;2*10-11H,1-9H2;7-10H,1-6H2;6-9H,1-5H2;5-8H,1-4H2;3-6H,1-2H2. The van der Waals surface area contributed by atoms with Crippen molar-refractivity contribution in [2.24, 2.45) is 166 Å². The first-order valence-electron chi connectivity index (χ1n) is 39.1. The fraction of sp³-hybridized carbons (Fsp3) is 1.00. The van der Waals surface area contributed by atoms with E-state index in [1.54, 1.807) is 263 Å². The van der Waals surface area contributed by atoms with Crippen LogP contribution in [-0.2, 0) is 0 Å². The van der Waals surface area contributed by atoms with Gasteiger partial charge in [-0.1, -0.05) is 186 Å². The lowest BCUT2D eigenvalue weighted by Crippen LogP contribution is -2.31. The summed E-state index contributed by atoms with van der Waals surface area (Å²) in [5.74, 6) is 33.7. The smallest absolute Gasteiger partial charge is 0.0318 e. The van der Waals surface area contributed by atoms with Gasteiger partial charge in [0.05, 0.1) is 0 Å². The van der Waals surface area contributed by atoms with Crippen LogP contribution in [-0.4, -0.2) is 0 Å². The molecule has 0 radical (unpaired) electrons. The largest absolute Gasteiger partial charge is 0.0530 e. The molecule has 0 spiro atoms. The summed E-state index contributed by atoms with van der Waals surface area (Å²) in [6.07, 6.45) is 80.1. The molecule has 25 fully saturated rings. The highest BCUT2D eigenvalue weighted by molar-refractivity contribution is 5.24. The first kappa shape index (κ1) is 55.6. The van der Waals surface area contributed by atoms with Crippen LogP contribution >= 0.6 is 0 Å². The zero-order valence-corrected chi connectivity index (χ0v) is 52.2. The SMILES string of the molecule is C1CC2C3C1C23.C1CC2C3CCC(C3)C2C1.C1CC2CC1C1C3CCC(C3)C21.C1CC2CC1C1CC21.C1CC2CC1C1CCC21.C1CC2CCCC(C1)CCC2.C1CCC2CCCC(C1)CC2.C1CCC2CCCC(C1)CCC2. The molecule has 25 saturated carbocycles. The van der Waals surface area contributed by atoms with E-state index >= 15 is 0 Å². The van der Waals surface area contributed by atoms with E-state index in [1.807, 2.05) is 0 Å². The van der Waals surface area contributed by atoms with Crippen LogP contribution in [0.3, 0.4) is 0 Å². The summed E-state index contributed by atoms with van der Waals surface area (Å²) in [6.45, 7) is 0. The maximum Gasteiger partial charge on any atom is -0.0318 e. The summed E-state index contributed by atoms with van der Waals surface area (Å²) < 4.78 is 0. The van der Waals surface area contributed by atoms with Crippen molar-refractivity contribution < 1.29 is 0 Å². The minimum Gasteiger partial charge on any atom is -0.0530 e. The van der Waals surface area contributed by atoms with Gasteiger partial charge in [0.1, 0.15) is 0 Å². The Bertz CT molecular complexity index is 1680. The van der Waals surface area contributed by atoms with E-state index in [9.17, 15) is 0 Å². The second kappa shape index (κ2) is 25.4. The van der Waals surface area contributed by atoms with Crippen LogP contribution in [0, 0.1) is 166 Å². The lowest BCUT2D eigenvalue weighted by Gasteiger charge is -2.40. The van der Waals surface area contributed by atoms with E-state index < -0.39 is 0 Å². The van der Waals surface area contributed by atoms with Crippen molar-refractivity contribution in [2.75, 3.05) is 0 Å². The maximum absolute atomic E-state index is 1.64. The Balaban J connectivity index is 0.0000000786. The zero-order valence-electron chi connectivity index (χ0n) is 52.2. The van der Waals surface area contributed by atoms with Gasteiger partial charge in [0, 0.05) is 0 Å². The van der Waals surface area contributed by atoms with Gasteiger partial charge in [-0.2, -0.15) is 0 Å². The summed E-state index contributed by atoms with van der Waals surface area (Å²) in [4.78, 5) is 0. The third-order valence-corrected chi connectivity index (χ3v) is 32.0. The van der Waals surface area contributed by atoms with Crippen molar-refractivity contribution in [3.8, 4) is 0 Å². The fourth-order valence-corrected chi connectivity index (χ4v) is 27.7. The third-order valence-electron chi connectivity index (χ3n) is 32.0. The molecule has 25 aliphatic rings. The number of fused-ring (bicyclic) bond motifs is 41. The normalized spacial score (nSPS) is 53.8. The molecule has 0 aromatic carbocycles. The molecule has 0 aliphatic heterocycles. The minimum atomic E-state index is 1.11. The minimum absolute atomic E-state index is 1.11. The van der Waals surface area contributed by atoms with E-state index in [-0.39, 0.29) is 0 Å². The Morgan fingerprint density at radius 3 is 0.582 bits per heavy atom. The first-order chi connectivity index (χ1) is 39.1. The lowest BCUT2D eigenvalue weighted by atomic mass is 9.66. The van der Waals surface area contributed by atoms with Crippen molar-refractivity contribution in [1.82, 2.24) is 0 Å². The molecule has 0 saturated heterocycles. The summed E-state index contributed by atoms with van der Waals surface area (Å²) in [5.41, 5.74) is 0. The van der Waals surface area contributed by atoms with Crippen molar-refractivity contribution in [3.63, 3.8) is 0 Å². The molecule has 0 aromatic heterocycles. The summed E-state index contributed by atoms with van der Waals surface area (Å²) in [5, 5.41) is 0. The molecule has 79 heavy (non-hydrogen) atoms. The average Bonchev–Trinajstić information content (AvgIpc) is 1.96. The summed E-state index contributed by atoms with van der Waals surface area (Å²) in [7, 11) is 0. The van der Waals surface area contributed by atoms with Crippen molar-refractivity contribution in [3.05, 3.63) is 0 Å². The highest BCUT2D eigenvalue weighted by atomic mass is 14.8. The monoisotopic (exact) mass is 1080 g/mol. The van der Waals surface area contributed by atoms with Crippen LogP contribution in [0.15, 0.2) is 0 Å².